The van der Waals surface area contributed by atoms with Gasteiger partial charge in [-0.15, -0.1) is 0 Å². The lowest BCUT2D eigenvalue weighted by Gasteiger charge is -2.09. The minimum Gasteiger partial charge on any atom is -0.314 e. The zero-order valence-electron chi connectivity index (χ0n) is 15.5. The van der Waals surface area contributed by atoms with Crippen molar-refractivity contribution in [3.63, 3.8) is 0 Å². The Morgan fingerprint density at radius 1 is 0.636 bits per heavy atom. The van der Waals surface area contributed by atoms with Crippen LogP contribution in [-0.4, -0.2) is 12.6 Å². The lowest BCUT2D eigenvalue weighted by Crippen LogP contribution is -2.20. The molecule has 1 heteroatoms. The summed E-state index contributed by atoms with van der Waals surface area (Å²) in [5, 5.41) is 3.61. The summed E-state index contributed by atoms with van der Waals surface area (Å²) in [6, 6.07) is 0.863. The molecule has 0 aliphatic carbocycles. The molecule has 1 saturated heterocycles. The van der Waals surface area contributed by atoms with E-state index >= 15 is 0 Å². The average molecular weight is 310 g/mol. The first-order chi connectivity index (χ1) is 10.9. The molecule has 22 heavy (non-hydrogen) atoms. The van der Waals surface area contributed by atoms with Gasteiger partial charge in [0.05, 0.1) is 0 Å². The maximum absolute atomic E-state index is 3.61. The number of hydrogen-bond donors (Lipinski definition) is 1. The molecule has 0 saturated carbocycles. The second kappa shape index (κ2) is 15.8. The van der Waals surface area contributed by atoms with Gasteiger partial charge in [0, 0.05) is 6.04 Å². The summed E-state index contributed by atoms with van der Waals surface area (Å²) in [5.74, 6) is 0. The molecule has 1 aliphatic heterocycles. The molecule has 0 aromatic rings. The van der Waals surface area contributed by atoms with Gasteiger partial charge in [-0.05, 0) is 25.8 Å². The van der Waals surface area contributed by atoms with Gasteiger partial charge < -0.3 is 5.32 Å². The van der Waals surface area contributed by atoms with Gasteiger partial charge in [0.1, 0.15) is 0 Å². The highest BCUT2D eigenvalue weighted by Gasteiger charge is 2.12. The highest BCUT2D eigenvalue weighted by molar-refractivity contribution is 4.73. The number of unbranched alkanes of at least 4 members (excludes halogenated alkanes) is 14. The van der Waals surface area contributed by atoms with E-state index in [4.69, 9.17) is 0 Å². The van der Waals surface area contributed by atoms with Crippen molar-refractivity contribution in [3.8, 4) is 0 Å². The first-order valence-corrected chi connectivity index (χ1v) is 10.7. The third-order valence-electron chi connectivity index (χ3n) is 5.32. The fourth-order valence-corrected chi connectivity index (χ4v) is 3.77. The smallest absolute Gasteiger partial charge is 0.00675 e. The van der Waals surface area contributed by atoms with Crippen LogP contribution < -0.4 is 5.32 Å². The van der Waals surface area contributed by atoms with Crippen LogP contribution in [0.3, 0.4) is 0 Å². The summed E-state index contributed by atoms with van der Waals surface area (Å²) in [6.07, 6.45) is 26.3. The lowest BCUT2D eigenvalue weighted by molar-refractivity contribution is 0.496. The number of rotatable bonds is 16. The van der Waals surface area contributed by atoms with E-state index < -0.39 is 0 Å². The van der Waals surface area contributed by atoms with Crippen LogP contribution in [0.25, 0.3) is 0 Å². The largest absolute Gasteiger partial charge is 0.314 e. The molecule has 0 aromatic heterocycles. The Kier molecular flexibility index (Phi) is 14.4. The van der Waals surface area contributed by atoms with E-state index in [1.165, 1.54) is 122 Å². The Balaban J connectivity index is 1.64. The van der Waals surface area contributed by atoms with Crippen LogP contribution in [0.4, 0.5) is 0 Å². The molecule has 0 aromatic carbocycles. The van der Waals surface area contributed by atoms with E-state index in [-0.39, 0.29) is 0 Å². The minimum atomic E-state index is 0.863. The highest BCUT2D eigenvalue weighted by Crippen LogP contribution is 2.16. The molecule has 1 aliphatic rings. The summed E-state index contributed by atoms with van der Waals surface area (Å²) >= 11 is 0. The molecular formula is C21H43N. The summed E-state index contributed by atoms with van der Waals surface area (Å²) < 4.78 is 0. The zero-order chi connectivity index (χ0) is 15.7. The maximum Gasteiger partial charge on any atom is 0.00675 e. The van der Waals surface area contributed by atoms with Crippen molar-refractivity contribution in [2.75, 3.05) is 6.54 Å². The Morgan fingerprint density at radius 2 is 1.09 bits per heavy atom. The predicted octanol–water partition coefficient (Wildman–Crippen LogP) is 7.00. The minimum absolute atomic E-state index is 0.863. The molecule has 0 amide bonds. The standard InChI is InChI=1S/C21H43N/c1-2-3-4-5-6-7-8-9-10-11-12-13-14-15-16-18-21-19-17-20-22-21/h21-22H,2-20H2,1H3. The molecule has 1 nitrogen and oxygen atoms in total. The number of hydrogen-bond acceptors (Lipinski definition) is 1. The monoisotopic (exact) mass is 309 g/mol. The lowest BCUT2D eigenvalue weighted by atomic mass is 10.0. The van der Waals surface area contributed by atoms with Crippen LogP contribution in [0.2, 0.25) is 0 Å². The molecule has 1 rings (SSSR count). The third-order valence-corrected chi connectivity index (χ3v) is 5.32. The Morgan fingerprint density at radius 3 is 1.50 bits per heavy atom. The zero-order valence-corrected chi connectivity index (χ0v) is 15.5. The van der Waals surface area contributed by atoms with Gasteiger partial charge in [-0.25, -0.2) is 0 Å². The molecule has 1 unspecified atom stereocenters. The van der Waals surface area contributed by atoms with Gasteiger partial charge >= 0.3 is 0 Å². The molecular weight excluding hydrogens is 266 g/mol. The van der Waals surface area contributed by atoms with Crippen molar-refractivity contribution in [2.24, 2.45) is 0 Å². The highest BCUT2D eigenvalue weighted by atomic mass is 14.9. The van der Waals surface area contributed by atoms with E-state index in [0.29, 0.717) is 0 Å². The van der Waals surface area contributed by atoms with E-state index in [1.807, 2.05) is 0 Å². The summed E-state index contributed by atoms with van der Waals surface area (Å²) in [4.78, 5) is 0. The third kappa shape index (κ3) is 12.5. The van der Waals surface area contributed by atoms with E-state index in [2.05, 4.69) is 12.2 Å². The number of nitrogens with one attached hydrogen (secondary N) is 1. The Bertz CT molecular complexity index is 208. The topological polar surface area (TPSA) is 12.0 Å². The van der Waals surface area contributed by atoms with Crippen LogP contribution in [0.1, 0.15) is 122 Å². The molecule has 0 bridgehead atoms. The molecule has 1 atom stereocenters. The van der Waals surface area contributed by atoms with Crippen LogP contribution >= 0.6 is 0 Å². The normalized spacial score (nSPS) is 18.1. The summed E-state index contributed by atoms with van der Waals surface area (Å²) in [6.45, 7) is 3.57. The second-order valence-corrected chi connectivity index (χ2v) is 7.53. The molecule has 0 spiro atoms. The Labute approximate surface area is 141 Å². The van der Waals surface area contributed by atoms with Crippen molar-refractivity contribution in [1.82, 2.24) is 5.32 Å². The molecule has 0 radical (unpaired) electrons. The van der Waals surface area contributed by atoms with Crippen molar-refractivity contribution in [1.29, 1.82) is 0 Å². The summed E-state index contributed by atoms with van der Waals surface area (Å²) in [5.41, 5.74) is 0. The molecule has 132 valence electrons. The first-order valence-electron chi connectivity index (χ1n) is 10.7. The van der Waals surface area contributed by atoms with Gasteiger partial charge in [-0.1, -0.05) is 103 Å². The maximum atomic E-state index is 3.61. The van der Waals surface area contributed by atoms with Gasteiger partial charge in [0.2, 0.25) is 0 Å². The quantitative estimate of drug-likeness (QED) is 0.303. The van der Waals surface area contributed by atoms with Crippen LogP contribution in [-0.2, 0) is 0 Å². The van der Waals surface area contributed by atoms with E-state index in [1.54, 1.807) is 0 Å². The van der Waals surface area contributed by atoms with Crippen molar-refractivity contribution in [2.45, 2.75) is 129 Å². The van der Waals surface area contributed by atoms with Crippen molar-refractivity contribution < 1.29 is 0 Å². The molecule has 1 heterocycles. The van der Waals surface area contributed by atoms with E-state index in [0.717, 1.165) is 6.04 Å². The van der Waals surface area contributed by atoms with E-state index in [9.17, 15) is 0 Å². The van der Waals surface area contributed by atoms with Crippen LogP contribution in [0.15, 0.2) is 0 Å². The molecule has 1 fully saturated rings. The fraction of sp³-hybridized carbons (Fsp3) is 1.00. The van der Waals surface area contributed by atoms with Crippen molar-refractivity contribution in [3.05, 3.63) is 0 Å². The van der Waals surface area contributed by atoms with Gasteiger partial charge in [0.25, 0.3) is 0 Å². The average Bonchev–Trinajstić information content (AvgIpc) is 3.04. The molecule has 1 N–H and O–H groups in total. The second-order valence-electron chi connectivity index (χ2n) is 7.53. The van der Waals surface area contributed by atoms with Gasteiger partial charge in [-0.2, -0.15) is 0 Å². The SMILES string of the molecule is CCCCCCCCCCCCCCCCCC1CCCN1. The van der Waals surface area contributed by atoms with Gasteiger partial charge in [-0.3, -0.25) is 0 Å². The van der Waals surface area contributed by atoms with Crippen LogP contribution in [0, 0.1) is 0 Å². The first kappa shape index (κ1) is 20.0. The van der Waals surface area contributed by atoms with Crippen LogP contribution in [0.5, 0.6) is 0 Å². The summed E-state index contributed by atoms with van der Waals surface area (Å²) in [7, 11) is 0. The predicted molar refractivity (Wildman–Crippen MR) is 101 cm³/mol. The van der Waals surface area contributed by atoms with Crippen molar-refractivity contribution >= 4 is 0 Å². The Hall–Kier alpha value is -0.0400. The fourth-order valence-electron chi connectivity index (χ4n) is 3.77. The van der Waals surface area contributed by atoms with Gasteiger partial charge in [0.15, 0.2) is 0 Å².